The molecule has 28 heavy (non-hydrogen) atoms. The lowest BCUT2D eigenvalue weighted by atomic mass is 10.0. The van der Waals surface area contributed by atoms with Crippen molar-refractivity contribution in [1.82, 2.24) is 14.9 Å². The number of nitrogens with zero attached hydrogens (tertiary/aromatic N) is 2. The summed E-state index contributed by atoms with van der Waals surface area (Å²) in [6.07, 6.45) is 2.31. The van der Waals surface area contributed by atoms with Crippen LogP contribution >= 0.6 is 0 Å². The number of nitrogens with one attached hydrogen (secondary N) is 1. The van der Waals surface area contributed by atoms with Crippen molar-refractivity contribution in [2.45, 2.75) is 25.0 Å². The first-order valence-electron chi connectivity index (χ1n) is 9.27. The van der Waals surface area contributed by atoms with E-state index in [1.807, 2.05) is 23.9 Å². The van der Waals surface area contributed by atoms with Gasteiger partial charge in [-0.2, -0.15) is 0 Å². The third-order valence-corrected chi connectivity index (χ3v) is 5.10. The molecule has 4 rings (SSSR count). The molecule has 1 saturated heterocycles. The molecular formula is C21H22FN3O3. The number of hydrogen-bond donors (Lipinski definition) is 2. The van der Waals surface area contributed by atoms with E-state index in [9.17, 15) is 14.3 Å². The van der Waals surface area contributed by atoms with E-state index in [0.717, 1.165) is 16.5 Å². The van der Waals surface area contributed by atoms with Crippen molar-refractivity contribution in [2.75, 3.05) is 13.2 Å². The molecule has 2 aromatic heterocycles. The lowest BCUT2D eigenvalue weighted by molar-refractivity contribution is -0.0140. The van der Waals surface area contributed by atoms with Gasteiger partial charge in [0, 0.05) is 25.2 Å². The Morgan fingerprint density at radius 3 is 2.89 bits per heavy atom. The van der Waals surface area contributed by atoms with Crippen LogP contribution in [-0.4, -0.2) is 45.9 Å². The van der Waals surface area contributed by atoms with Crippen molar-refractivity contribution in [1.29, 1.82) is 0 Å². The van der Waals surface area contributed by atoms with Crippen molar-refractivity contribution in [3.63, 3.8) is 0 Å². The zero-order chi connectivity index (χ0) is 19.7. The van der Waals surface area contributed by atoms with Crippen LogP contribution in [0.3, 0.4) is 0 Å². The van der Waals surface area contributed by atoms with Gasteiger partial charge < -0.3 is 19.7 Å². The molecule has 0 radical (unpaired) electrons. The highest BCUT2D eigenvalue weighted by molar-refractivity contribution is 5.95. The lowest BCUT2D eigenvalue weighted by Crippen LogP contribution is -2.49. The van der Waals surface area contributed by atoms with Crippen molar-refractivity contribution in [3.05, 3.63) is 65.2 Å². The van der Waals surface area contributed by atoms with E-state index in [1.54, 1.807) is 18.2 Å². The second kappa shape index (κ2) is 7.69. The van der Waals surface area contributed by atoms with Gasteiger partial charge in [-0.1, -0.05) is 12.1 Å². The number of carbonyl (C=O) groups is 1. The van der Waals surface area contributed by atoms with Crippen LogP contribution in [0.5, 0.6) is 0 Å². The van der Waals surface area contributed by atoms with Crippen LogP contribution in [0.15, 0.2) is 42.6 Å². The minimum atomic E-state index is -0.629. The number of carbonyl (C=O) groups excluding carboxylic acids is 1. The summed E-state index contributed by atoms with van der Waals surface area (Å²) in [4.78, 5) is 17.3. The van der Waals surface area contributed by atoms with E-state index in [0.29, 0.717) is 25.1 Å². The molecule has 1 amide bonds. The fourth-order valence-corrected chi connectivity index (χ4v) is 3.49. The SMILES string of the molecule is Cn1ccc2c(Cc3ccc(F)cc3)cc(C(=O)NC3COCCC3O)nc21. The molecule has 3 aromatic rings. The van der Waals surface area contributed by atoms with Crippen LogP contribution < -0.4 is 5.32 Å². The average molecular weight is 383 g/mol. The van der Waals surface area contributed by atoms with Crippen LogP contribution in [0.2, 0.25) is 0 Å². The summed E-state index contributed by atoms with van der Waals surface area (Å²) in [6.45, 7) is 0.769. The van der Waals surface area contributed by atoms with Gasteiger partial charge in [0.1, 0.15) is 17.2 Å². The predicted octanol–water partition coefficient (Wildman–Crippen LogP) is 2.18. The zero-order valence-electron chi connectivity index (χ0n) is 15.6. The lowest BCUT2D eigenvalue weighted by Gasteiger charge is -2.28. The average Bonchev–Trinajstić information content (AvgIpc) is 3.07. The zero-order valence-corrected chi connectivity index (χ0v) is 15.6. The number of aliphatic hydroxyl groups is 1. The van der Waals surface area contributed by atoms with Crippen molar-refractivity contribution < 1.29 is 19.0 Å². The first kappa shape index (κ1) is 18.6. The highest BCUT2D eigenvalue weighted by Crippen LogP contribution is 2.23. The Kier molecular flexibility index (Phi) is 5.11. The van der Waals surface area contributed by atoms with Crippen LogP contribution in [-0.2, 0) is 18.2 Å². The monoisotopic (exact) mass is 383 g/mol. The summed E-state index contributed by atoms with van der Waals surface area (Å²) in [5.41, 5.74) is 2.86. The molecule has 1 aliphatic heterocycles. The summed E-state index contributed by atoms with van der Waals surface area (Å²) in [5.74, 6) is -0.630. The molecule has 0 bridgehead atoms. The Bertz CT molecular complexity index is 1000. The largest absolute Gasteiger partial charge is 0.391 e. The van der Waals surface area contributed by atoms with Crippen molar-refractivity contribution in [3.8, 4) is 0 Å². The van der Waals surface area contributed by atoms with E-state index in [4.69, 9.17) is 4.74 Å². The first-order valence-corrected chi connectivity index (χ1v) is 9.27. The van der Waals surface area contributed by atoms with E-state index < -0.39 is 12.1 Å². The van der Waals surface area contributed by atoms with Gasteiger partial charge in [-0.05, 0) is 48.2 Å². The van der Waals surface area contributed by atoms with Crippen molar-refractivity contribution >= 4 is 16.9 Å². The molecule has 1 fully saturated rings. The van der Waals surface area contributed by atoms with E-state index >= 15 is 0 Å². The molecule has 2 atom stereocenters. The van der Waals surface area contributed by atoms with Gasteiger partial charge in [-0.25, -0.2) is 9.37 Å². The summed E-state index contributed by atoms with van der Waals surface area (Å²) < 4.78 is 20.4. The molecule has 0 saturated carbocycles. The van der Waals surface area contributed by atoms with Gasteiger partial charge in [-0.15, -0.1) is 0 Å². The van der Waals surface area contributed by atoms with Crippen LogP contribution in [0.25, 0.3) is 11.0 Å². The minimum Gasteiger partial charge on any atom is -0.391 e. The number of aromatic nitrogens is 2. The molecule has 0 spiro atoms. The molecule has 7 heteroatoms. The van der Waals surface area contributed by atoms with Gasteiger partial charge >= 0.3 is 0 Å². The predicted molar refractivity (Wildman–Crippen MR) is 103 cm³/mol. The molecule has 3 heterocycles. The number of rotatable bonds is 4. The quantitative estimate of drug-likeness (QED) is 0.724. The van der Waals surface area contributed by atoms with Gasteiger partial charge in [0.2, 0.25) is 0 Å². The first-order chi connectivity index (χ1) is 13.5. The molecule has 1 aliphatic rings. The van der Waals surface area contributed by atoms with Crippen LogP contribution in [0.4, 0.5) is 4.39 Å². The standard InChI is InChI=1S/C21H22FN3O3/c1-25-8-6-16-14(10-13-2-4-15(22)5-3-13)11-17(23-20(16)25)21(27)24-18-12-28-9-7-19(18)26/h2-6,8,11,18-19,26H,7,9-10,12H2,1H3,(H,24,27). The van der Waals surface area contributed by atoms with Crippen molar-refractivity contribution in [2.24, 2.45) is 7.05 Å². The van der Waals surface area contributed by atoms with E-state index in [2.05, 4.69) is 10.3 Å². The Morgan fingerprint density at radius 1 is 1.36 bits per heavy atom. The molecule has 2 N–H and O–H groups in total. The molecular weight excluding hydrogens is 361 g/mol. The highest BCUT2D eigenvalue weighted by Gasteiger charge is 2.26. The Labute approximate surface area is 162 Å². The Morgan fingerprint density at radius 2 is 2.14 bits per heavy atom. The normalized spacial score (nSPS) is 19.7. The number of pyridine rings is 1. The summed E-state index contributed by atoms with van der Waals surface area (Å²) >= 11 is 0. The summed E-state index contributed by atoms with van der Waals surface area (Å²) in [7, 11) is 1.87. The number of ether oxygens (including phenoxy) is 1. The van der Waals surface area contributed by atoms with Crippen LogP contribution in [0, 0.1) is 5.82 Å². The van der Waals surface area contributed by atoms with E-state index in [-0.39, 0.29) is 24.0 Å². The minimum absolute atomic E-state index is 0.280. The second-order valence-electron chi connectivity index (χ2n) is 7.14. The summed E-state index contributed by atoms with van der Waals surface area (Å²) in [5, 5.41) is 13.8. The number of benzene rings is 1. The fourth-order valence-electron chi connectivity index (χ4n) is 3.49. The van der Waals surface area contributed by atoms with Crippen LogP contribution in [0.1, 0.15) is 28.0 Å². The van der Waals surface area contributed by atoms with Gasteiger partial charge in [0.05, 0.1) is 18.8 Å². The second-order valence-corrected chi connectivity index (χ2v) is 7.14. The number of amides is 1. The Hall–Kier alpha value is -2.77. The topological polar surface area (TPSA) is 76.4 Å². The van der Waals surface area contributed by atoms with Gasteiger partial charge in [0.25, 0.3) is 5.91 Å². The maximum atomic E-state index is 13.2. The molecule has 0 aliphatic carbocycles. The number of aryl methyl sites for hydroxylation is 1. The molecule has 146 valence electrons. The summed E-state index contributed by atoms with van der Waals surface area (Å²) in [6, 6.07) is 9.60. The third kappa shape index (κ3) is 3.76. The molecule has 2 unspecified atom stereocenters. The number of aliphatic hydroxyl groups excluding tert-OH is 1. The molecule has 6 nitrogen and oxygen atoms in total. The highest BCUT2D eigenvalue weighted by atomic mass is 19.1. The third-order valence-electron chi connectivity index (χ3n) is 5.10. The maximum absolute atomic E-state index is 13.2. The number of halogens is 1. The fraction of sp³-hybridized carbons (Fsp3) is 0.333. The number of fused-ring (bicyclic) bond motifs is 1. The van der Waals surface area contributed by atoms with Gasteiger partial charge in [-0.3, -0.25) is 4.79 Å². The number of hydrogen-bond acceptors (Lipinski definition) is 4. The smallest absolute Gasteiger partial charge is 0.270 e. The maximum Gasteiger partial charge on any atom is 0.270 e. The van der Waals surface area contributed by atoms with Gasteiger partial charge in [0.15, 0.2) is 0 Å². The molecule has 1 aromatic carbocycles. The van der Waals surface area contributed by atoms with E-state index in [1.165, 1.54) is 12.1 Å². The Balaban J connectivity index is 1.65.